The van der Waals surface area contributed by atoms with Gasteiger partial charge in [-0.05, 0) is 30.5 Å². The van der Waals surface area contributed by atoms with E-state index in [-0.39, 0.29) is 5.91 Å². The van der Waals surface area contributed by atoms with E-state index in [1.807, 2.05) is 6.07 Å². The molecule has 0 fully saturated rings. The predicted octanol–water partition coefficient (Wildman–Crippen LogP) is 3.97. The summed E-state index contributed by atoms with van der Waals surface area (Å²) in [5, 5.41) is 7.13. The summed E-state index contributed by atoms with van der Waals surface area (Å²) in [4.78, 5) is 20.4. The number of carbonyl (C=O) groups excluding carboxylic acids is 1. The first-order valence-electron chi connectivity index (χ1n) is 7.88. The minimum Gasteiger partial charge on any atom is -0.354 e. The van der Waals surface area contributed by atoms with Crippen LogP contribution in [0.2, 0.25) is 10.0 Å². The summed E-state index contributed by atoms with van der Waals surface area (Å²) in [6.07, 6.45) is 5.82. The number of hydrogen-bond acceptors (Lipinski definition) is 4. The highest BCUT2D eigenvalue weighted by atomic mass is 35.5. The molecule has 0 radical (unpaired) electrons. The third kappa shape index (κ3) is 5.65. The van der Waals surface area contributed by atoms with Crippen LogP contribution in [0.15, 0.2) is 30.6 Å². The summed E-state index contributed by atoms with van der Waals surface area (Å²) >= 11 is 12.0. The molecule has 1 aromatic heterocycles. The molecule has 0 aliphatic carbocycles. The third-order valence-corrected chi connectivity index (χ3v) is 4.01. The lowest BCUT2D eigenvalue weighted by atomic mass is 10.1. The summed E-state index contributed by atoms with van der Waals surface area (Å²) in [6.45, 7) is 3.41. The SMILES string of the molecule is CCCCNc1ncc(C(=O)NCCc2ccc(Cl)cc2Cl)cn1. The zero-order valence-electron chi connectivity index (χ0n) is 13.5. The summed E-state index contributed by atoms with van der Waals surface area (Å²) in [6, 6.07) is 5.33. The number of anilines is 1. The maximum atomic E-state index is 12.1. The Kier molecular flexibility index (Phi) is 7.28. The van der Waals surface area contributed by atoms with E-state index in [1.165, 1.54) is 12.4 Å². The molecule has 0 atom stereocenters. The molecule has 128 valence electrons. The molecule has 2 aromatic rings. The highest BCUT2D eigenvalue weighted by molar-refractivity contribution is 6.35. The molecule has 2 N–H and O–H groups in total. The Balaban J connectivity index is 1.81. The van der Waals surface area contributed by atoms with Gasteiger partial charge in [-0.25, -0.2) is 9.97 Å². The molecule has 1 aromatic carbocycles. The predicted molar refractivity (Wildman–Crippen MR) is 97.9 cm³/mol. The maximum Gasteiger partial charge on any atom is 0.254 e. The zero-order chi connectivity index (χ0) is 17.4. The van der Waals surface area contributed by atoms with Gasteiger partial charge in [0.05, 0.1) is 5.56 Å². The number of amides is 1. The number of hydrogen-bond donors (Lipinski definition) is 2. The molecule has 0 unspecified atom stereocenters. The van der Waals surface area contributed by atoms with E-state index in [9.17, 15) is 4.79 Å². The van der Waals surface area contributed by atoms with Crippen molar-refractivity contribution in [3.63, 3.8) is 0 Å². The molecular weight excluding hydrogens is 347 g/mol. The quantitative estimate of drug-likeness (QED) is 0.693. The van der Waals surface area contributed by atoms with Crippen LogP contribution >= 0.6 is 23.2 Å². The van der Waals surface area contributed by atoms with Crippen molar-refractivity contribution in [3.8, 4) is 0 Å². The van der Waals surface area contributed by atoms with Gasteiger partial charge in [-0.15, -0.1) is 0 Å². The molecule has 1 amide bonds. The van der Waals surface area contributed by atoms with Gasteiger partial charge in [0.15, 0.2) is 0 Å². The molecule has 5 nitrogen and oxygen atoms in total. The molecule has 0 spiro atoms. The Morgan fingerprint density at radius 2 is 1.92 bits per heavy atom. The van der Waals surface area contributed by atoms with Crippen molar-refractivity contribution < 1.29 is 4.79 Å². The van der Waals surface area contributed by atoms with Crippen LogP contribution in [0.3, 0.4) is 0 Å². The summed E-state index contributed by atoms with van der Waals surface area (Å²) in [5.41, 5.74) is 1.37. The smallest absolute Gasteiger partial charge is 0.254 e. The number of nitrogens with one attached hydrogen (secondary N) is 2. The van der Waals surface area contributed by atoms with Crippen LogP contribution in [0.5, 0.6) is 0 Å². The van der Waals surface area contributed by atoms with Crippen LogP contribution in [0.1, 0.15) is 35.7 Å². The van der Waals surface area contributed by atoms with Gasteiger partial charge in [0.1, 0.15) is 0 Å². The van der Waals surface area contributed by atoms with Crippen molar-refractivity contribution in [1.82, 2.24) is 15.3 Å². The van der Waals surface area contributed by atoms with Crippen LogP contribution in [-0.4, -0.2) is 29.0 Å². The van der Waals surface area contributed by atoms with E-state index >= 15 is 0 Å². The minimum absolute atomic E-state index is 0.208. The van der Waals surface area contributed by atoms with E-state index < -0.39 is 0 Å². The second-order valence-electron chi connectivity index (χ2n) is 5.32. The standard InChI is InChI=1S/C17H20Cl2N4O/c1-2-3-7-21-17-22-10-13(11-23-17)16(24)20-8-6-12-4-5-14(18)9-15(12)19/h4-5,9-11H,2-3,6-8H2,1H3,(H,20,24)(H,21,22,23). The van der Waals surface area contributed by atoms with Crippen LogP contribution in [0.4, 0.5) is 5.95 Å². The fraction of sp³-hybridized carbons (Fsp3) is 0.353. The average molecular weight is 367 g/mol. The first-order valence-corrected chi connectivity index (χ1v) is 8.63. The molecule has 0 aliphatic heterocycles. The van der Waals surface area contributed by atoms with E-state index in [0.29, 0.717) is 34.5 Å². The lowest BCUT2D eigenvalue weighted by molar-refractivity contribution is 0.0953. The Labute approximate surface area is 151 Å². The third-order valence-electron chi connectivity index (χ3n) is 3.42. The highest BCUT2D eigenvalue weighted by Crippen LogP contribution is 2.21. The van der Waals surface area contributed by atoms with Crippen molar-refractivity contribution in [2.24, 2.45) is 0 Å². The molecule has 0 saturated heterocycles. The van der Waals surface area contributed by atoms with Gasteiger partial charge in [-0.1, -0.05) is 42.6 Å². The highest BCUT2D eigenvalue weighted by Gasteiger charge is 2.07. The average Bonchev–Trinajstić information content (AvgIpc) is 2.57. The fourth-order valence-electron chi connectivity index (χ4n) is 2.05. The summed E-state index contributed by atoms with van der Waals surface area (Å²) in [5.74, 6) is 0.327. The minimum atomic E-state index is -0.208. The topological polar surface area (TPSA) is 66.9 Å². The number of unbranched alkanes of at least 4 members (excludes halogenated alkanes) is 1. The molecule has 7 heteroatoms. The van der Waals surface area contributed by atoms with Gasteiger partial charge in [0.2, 0.25) is 5.95 Å². The number of aromatic nitrogens is 2. The van der Waals surface area contributed by atoms with Gasteiger partial charge >= 0.3 is 0 Å². The van der Waals surface area contributed by atoms with Crippen LogP contribution in [0, 0.1) is 0 Å². The second-order valence-corrected chi connectivity index (χ2v) is 6.16. The number of benzene rings is 1. The van der Waals surface area contributed by atoms with Crippen molar-refractivity contribution in [3.05, 3.63) is 51.8 Å². The Morgan fingerprint density at radius 3 is 2.58 bits per heavy atom. The van der Waals surface area contributed by atoms with Gasteiger partial charge in [0, 0.05) is 35.5 Å². The molecule has 1 heterocycles. The van der Waals surface area contributed by atoms with Crippen molar-refractivity contribution in [2.75, 3.05) is 18.4 Å². The normalized spacial score (nSPS) is 10.5. The van der Waals surface area contributed by atoms with Gasteiger partial charge in [0.25, 0.3) is 5.91 Å². The van der Waals surface area contributed by atoms with Gasteiger partial charge in [-0.3, -0.25) is 4.79 Å². The summed E-state index contributed by atoms with van der Waals surface area (Å²) < 4.78 is 0. The van der Waals surface area contributed by atoms with E-state index in [0.717, 1.165) is 24.9 Å². The first kappa shape index (κ1) is 18.5. The van der Waals surface area contributed by atoms with Crippen LogP contribution in [0.25, 0.3) is 0 Å². The molecular formula is C17H20Cl2N4O. The Bertz CT molecular complexity index is 677. The zero-order valence-corrected chi connectivity index (χ0v) is 15.0. The van der Waals surface area contributed by atoms with Crippen molar-refractivity contribution in [2.45, 2.75) is 26.2 Å². The first-order chi connectivity index (χ1) is 11.6. The number of halogens is 2. The lowest BCUT2D eigenvalue weighted by Crippen LogP contribution is -2.26. The van der Waals surface area contributed by atoms with Gasteiger partial charge < -0.3 is 10.6 Å². The monoisotopic (exact) mass is 366 g/mol. The van der Waals surface area contributed by atoms with E-state index in [1.54, 1.807) is 12.1 Å². The molecule has 0 bridgehead atoms. The Morgan fingerprint density at radius 1 is 1.17 bits per heavy atom. The van der Waals surface area contributed by atoms with Gasteiger partial charge in [-0.2, -0.15) is 0 Å². The molecule has 2 rings (SSSR count). The van der Waals surface area contributed by atoms with Crippen LogP contribution in [-0.2, 0) is 6.42 Å². The maximum absolute atomic E-state index is 12.1. The number of nitrogens with zero attached hydrogens (tertiary/aromatic N) is 2. The molecule has 0 saturated carbocycles. The molecule has 0 aliphatic rings. The summed E-state index contributed by atoms with van der Waals surface area (Å²) in [7, 11) is 0. The number of rotatable bonds is 8. The molecule has 24 heavy (non-hydrogen) atoms. The van der Waals surface area contributed by atoms with E-state index in [2.05, 4.69) is 27.5 Å². The van der Waals surface area contributed by atoms with E-state index in [4.69, 9.17) is 23.2 Å². The number of carbonyl (C=O) groups is 1. The Hall–Kier alpha value is -1.85. The van der Waals surface area contributed by atoms with Crippen molar-refractivity contribution >= 4 is 35.1 Å². The van der Waals surface area contributed by atoms with Crippen LogP contribution < -0.4 is 10.6 Å². The lowest BCUT2D eigenvalue weighted by Gasteiger charge is -2.08. The van der Waals surface area contributed by atoms with Crippen molar-refractivity contribution in [1.29, 1.82) is 0 Å². The second kappa shape index (κ2) is 9.45. The fourth-order valence-corrected chi connectivity index (χ4v) is 2.55. The largest absolute Gasteiger partial charge is 0.354 e.